The molecule has 1 aromatic heterocycles. The van der Waals surface area contributed by atoms with Crippen LogP contribution in [-0.2, 0) is 0 Å². The summed E-state index contributed by atoms with van der Waals surface area (Å²) in [5.74, 6) is -4.27. The van der Waals surface area contributed by atoms with E-state index in [4.69, 9.17) is 9.84 Å². The van der Waals surface area contributed by atoms with Crippen molar-refractivity contribution in [1.82, 2.24) is 10.5 Å². The molecule has 2 rings (SSSR count). The maximum atomic E-state index is 14.1. The van der Waals surface area contributed by atoms with Crippen LogP contribution in [0.5, 0.6) is 17.4 Å². The Bertz CT molecular complexity index is 793. The zero-order valence-electron chi connectivity index (χ0n) is 12.8. The van der Waals surface area contributed by atoms with Gasteiger partial charge in [-0.05, 0) is 24.2 Å². The fourth-order valence-corrected chi connectivity index (χ4v) is 1.75. The van der Waals surface area contributed by atoms with Crippen molar-refractivity contribution in [3.63, 3.8) is 0 Å². The van der Waals surface area contributed by atoms with Crippen LogP contribution in [0.1, 0.15) is 17.5 Å². The number of aromatic nitrogens is 1. The van der Waals surface area contributed by atoms with Crippen LogP contribution in [0.3, 0.4) is 0 Å². The van der Waals surface area contributed by atoms with E-state index >= 15 is 0 Å². The van der Waals surface area contributed by atoms with Crippen LogP contribution in [0, 0.1) is 5.82 Å². The summed E-state index contributed by atoms with van der Waals surface area (Å²) in [7, 11) is 0. The normalized spacial score (nSPS) is 11.6. The number of aromatic hydroxyl groups is 2. The number of nitrogens with zero attached hydrogens (tertiary/aromatic N) is 1. The summed E-state index contributed by atoms with van der Waals surface area (Å²) in [6.45, 7) is 1.23. The lowest BCUT2D eigenvalue weighted by molar-refractivity contribution is 0.0982. The lowest BCUT2D eigenvalue weighted by Gasteiger charge is -2.10. The standard InChI is InChI=1S/C14H14FN3O7/c1-6(16-14(22)23)5-24-13-10(15)11(25-18-13)12(21)17-8-4-7(19)2-3-9(8)20/h2-4,6,16,19-20H,5H2,1H3,(H,17,21)(H,22,23)/t6-/m0/s1. The third kappa shape index (κ3) is 4.50. The molecule has 0 aliphatic heterocycles. The molecule has 0 spiro atoms. The Morgan fingerprint density at radius 2 is 2.12 bits per heavy atom. The molecule has 5 N–H and O–H groups in total. The Morgan fingerprint density at radius 3 is 2.80 bits per heavy atom. The molecule has 0 saturated carbocycles. The molecule has 134 valence electrons. The van der Waals surface area contributed by atoms with Crippen molar-refractivity contribution in [2.45, 2.75) is 13.0 Å². The van der Waals surface area contributed by atoms with Gasteiger partial charge in [-0.15, -0.1) is 0 Å². The molecule has 0 aliphatic rings. The van der Waals surface area contributed by atoms with Crippen LogP contribution >= 0.6 is 0 Å². The summed E-state index contributed by atoms with van der Waals surface area (Å²) in [6, 6.07) is 2.72. The number of carboxylic acid groups (broad SMARTS) is 1. The van der Waals surface area contributed by atoms with E-state index in [0.717, 1.165) is 12.1 Å². The molecule has 0 bridgehead atoms. The molecular formula is C14H14FN3O7. The molecule has 1 atom stereocenters. The van der Waals surface area contributed by atoms with Crippen LogP contribution in [0.4, 0.5) is 14.9 Å². The molecule has 0 radical (unpaired) electrons. The second-order valence-corrected chi connectivity index (χ2v) is 4.95. The molecule has 25 heavy (non-hydrogen) atoms. The molecule has 0 saturated heterocycles. The van der Waals surface area contributed by atoms with Crippen LogP contribution in [0.2, 0.25) is 0 Å². The van der Waals surface area contributed by atoms with Crippen molar-refractivity contribution in [1.29, 1.82) is 0 Å². The fraction of sp³-hybridized carbons (Fsp3) is 0.214. The first-order valence-electron chi connectivity index (χ1n) is 6.88. The lowest BCUT2D eigenvalue weighted by Crippen LogP contribution is -2.35. The third-order valence-corrected chi connectivity index (χ3v) is 2.88. The highest BCUT2D eigenvalue weighted by Gasteiger charge is 2.25. The highest BCUT2D eigenvalue weighted by Crippen LogP contribution is 2.28. The van der Waals surface area contributed by atoms with E-state index < -0.39 is 35.5 Å². The van der Waals surface area contributed by atoms with Gasteiger partial charge in [0.05, 0.1) is 11.7 Å². The van der Waals surface area contributed by atoms with Crippen molar-refractivity contribution >= 4 is 17.7 Å². The monoisotopic (exact) mass is 355 g/mol. The van der Waals surface area contributed by atoms with Crippen LogP contribution in [-0.4, -0.2) is 45.1 Å². The quantitative estimate of drug-likeness (QED) is 0.386. The summed E-state index contributed by atoms with van der Waals surface area (Å²) in [4.78, 5) is 22.4. The Balaban J connectivity index is 2.05. The van der Waals surface area contributed by atoms with E-state index in [0.29, 0.717) is 0 Å². The van der Waals surface area contributed by atoms with E-state index in [1.807, 2.05) is 0 Å². The molecule has 2 aromatic rings. The number of halogens is 1. The average molecular weight is 355 g/mol. The van der Waals surface area contributed by atoms with E-state index in [1.165, 1.54) is 13.0 Å². The summed E-state index contributed by atoms with van der Waals surface area (Å²) >= 11 is 0. The number of hydrogen-bond donors (Lipinski definition) is 5. The molecular weight excluding hydrogens is 341 g/mol. The molecule has 0 aliphatic carbocycles. The number of anilines is 1. The van der Waals surface area contributed by atoms with Gasteiger partial charge in [-0.3, -0.25) is 4.79 Å². The predicted octanol–water partition coefficient (Wildman–Crippen LogP) is 1.51. The highest BCUT2D eigenvalue weighted by atomic mass is 19.1. The van der Waals surface area contributed by atoms with Crippen LogP contribution in [0.15, 0.2) is 22.7 Å². The Morgan fingerprint density at radius 1 is 1.40 bits per heavy atom. The highest BCUT2D eigenvalue weighted by molar-refractivity contribution is 6.03. The van der Waals surface area contributed by atoms with Gasteiger partial charge in [0.2, 0.25) is 5.82 Å². The second-order valence-electron chi connectivity index (χ2n) is 4.95. The number of hydrogen-bond acceptors (Lipinski definition) is 7. The van der Waals surface area contributed by atoms with Crippen molar-refractivity contribution in [3.05, 3.63) is 29.8 Å². The predicted molar refractivity (Wildman–Crippen MR) is 80.3 cm³/mol. The zero-order valence-corrected chi connectivity index (χ0v) is 12.8. The maximum Gasteiger partial charge on any atom is 0.404 e. The number of phenols is 2. The minimum absolute atomic E-state index is 0.164. The second kappa shape index (κ2) is 7.38. The smallest absolute Gasteiger partial charge is 0.404 e. The number of rotatable bonds is 6. The molecule has 10 nitrogen and oxygen atoms in total. The maximum absolute atomic E-state index is 14.1. The largest absolute Gasteiger partial charge is 0.508 e. The molecule has 2 amide bonds. The van der Waals surface area contributed by atoms with Crippen molar-refractivity contribution in [3.8, 4) is 17.4 Å². The molecule has 0 fully saturated rings. The Kier molecular flexibility index (Phi) is 5.27. The number of carbonyl (C=O) groups excluding carboxylic acids is 1. The molecule has 1 heterocycles. The Labute approximate surface area is 139 Å². The first kappa shape index (κ1) is 17.8. The lowest BCUT2D eigenvalue weighted by atomic mass is 10.2. The number of carbonyl (C=O) groups is 2. The van der Waals surface area contributed by atoms with Crippen molar-refractivity contribution < 1.29 is 38.6 Å². The number of nitrogens with one attached hydrogen (secondary N) is 2. The van der Waals surface area contributed by atoms with Crippen molar-refractivity contribution in [2.75, 3.05) is 11.9 Å². The SMILES string of the molecule is C[C@@H](COc1noc(C(=O)Nc2cc(O)ccc2O)c1F)NC(=O)O. The topological polar surface area (TPSA) is 154 Å². The molecule has 0 unspecified atom stereocenters. The summed E-state index contributed by atoms with van der Waals surface area (Å²) in [5, 5.41) is 34.9. The number of ether oxygens (including phenoxy) is 1. The Hall–Kier alpha value is -3.50. The van der Waals surface area contributed by atoms with Gasteiger partial charge in [-0.25, -0.2) is 4.79 Å². The summed E-state index contributed by atoms with van der Waals surface area (Å²) in [6.07, 6.45) is -1.28. The minimum atomic E-state index is -1.28. The summed E-state index contributed by atoms with van der Waals surface area (Å²) in [5.41, 5.74) is -0.164. The summed E-state index contributed by atoms with van der Waals surface area (Å²) < 4.78 is 23.6. The van der Waals surface area contributed by atoms with Gasteiger partial charge in [-0.1, -0.05) is 0 Å². The van der Waals surface area contributed by atoms with E-state index in [1.54, 1.807) is 0 Å². The average Bonchev–Trinajstić information content (AvgIpc) is 2.89. The van der Waals surface area contributed by atoms with Gasteiger partial charge in [0, 0.05) is 6.07 Å². The van der Waals surface area contributed by atoms with Crippen LogP contribution in [0.25, 0.3) is 0 Å². The van der Waals surface area contributed by atoms with Crippen molar-refractivity contribution in [2.24, 2.45) is 0 Å². The first-order chi connectivity index (χ1) is 11.8. The van der Waals surface area contributed by atoms with Gasteiger partial charge >= 0.3 is 6.09 Å². The fourth-order valence-electron chi connectivity index (χ4n) is 1.75. The zero-order chi connectivity index (χ0) is 18.6. The molecule has 1 aromatic carbocycles. The van der Waals surface area contributed by atoms with E-state index in [2.05, 4.69) is 20.3 Å². The van der Waals surface area contributed by atoms with Gasteiger partial charge in [0.1, 0.15) is 18.1 Å². The van der Waals surface area contributed by atoms with E-state index in [9.17, 15) is 24.2 Å². The third-order valence-electron chi connectivity index (χ3n) is 2.88. The van der Waals surface area contributed by atoms with Gasteiger partial charge < -0.3 is 35.2 Å². The van der Waals surface area contributed by atoms with Gasteiger partial charge in [-0.2, -0.15) is 4.39 Å². The minimum Gasteiger partial charge on any atom is -0.508 e. The molecule has 11 heteroatoms. The number of amides is 2. The number of benzene rings is 1. The van der Waals surface area contributed by atoms with Crippen LogP contribution < -0.4 is 15.4 Å². The first-order valence-corrected chi connectivity index (χ1v) is 6.88. The number of phenolic OH excluding ortho intramolecular Hbond substituents is 2. The van der Waals surface area contributed by atoms with Gasteiger partial charge in [0.15, 0.2) is 0 Å². The van der Waals surface area contributed by atoms with Gasteiger partial charge in [0.25, 0.3) is 17.5 Å². The van der Waals surface area contributed by atoms with E-state index in [-0.39, 0.29) is 23.8 Å².